The zero-order valence-corrected chi connectivity index (χ0v) is 15.0. The zero-order valence-electron chi connectivity index (χ0n) is 15.0. The second kappa shape index (κ2) is 8.47. The van der Waals surface area contributed by atoms with Gasteiger partial charge in [-0.2, -0.15) is 5.26 Å². The number of aromatic nitrogens is 1. The molecule has 7 nitrogen and oxygen atoms in total. The molecule has 1 aromatic heterocycles. The number of ether oxygens (including phenoxy) is 1. The first-order valence-electron chi connectivity index (χ1n) is 8.32. The Kier molecular flexibility index (Phi) is 5.63. The normalized spacial score (nSPS) is 9.86. The predicted molar refractivity (Wildman–Crippen MR) is 104 cm³/mol. The van der Waals surface area contributed by atoms with E-state index in [9.17, 15) is 9.59 Å². The molecule has 0 fully saturated rings. The van der Waals surface area contributed by atoms with Gasteiger partial charge in [-0.15, -0.1) is 0 Å². The molecule has 0 spiro atoms. The predicted octanol–water partition coefficient (Wildman–Crippen LogP) is 3.47. The molecular weight excluding hydrogens is 356 g/mol. The van der Waals surface area contributed by atoms with Gasteiger partial charge in [0.1, 0.15) is 11.8 Å². The Morgan fingerprint density at radius 3 is 2.14 bits per heavy atom. The Morgan fingerprint density at radius 1 is 0.929 bits per heavy atom. The van der Waals surface area contributed by atoms with Gasteiger partial charge in [0.2, 0.25) is 0 Å². The van der Waals surface area contributed by atoms with E-state index in [1.807, 2.05) is 6.07 Å². The molecule has 0 aliphatic heterocycles. The van der Waals surface area contributed by atoms with Crippen LogP contribution in [0, 0.1) is 11.3 Å². The number of methoxy groups -OCH3 is 1. The van der Waals surface area contributed by atoms with Crippen LogP contribution in [-0.4, -0.2) is 23.9 Å². The van der Waals surface area contributed by atoms with E-state index in [2.05, 4.69) is 15.6 Å². The van der Waals surface area contributed by atoms with Gasteiger partial charge in [-0.3, -0.25) is 14.6 Å². The van der Waals surface area contributed by atoms with Crippen LogP contribution in [0.25, 0.3) is 0 Å². The monoisotopic (exact) mass is 372 g/mol. The molecular formula is C21H16N4O3. The quantitative estimate of drug-likeness (QED) is 0.714. The van der Waals surface area contributed by atoms with Crippen LogP contribution in [-0.2, 0) is 0 Å². The van der Waals surface area contributed by atoms with Crippen LogP contribution >= 0.6 is 0 Å². The average Bonchev–Trinajstić information content (AvgIpc) is 2.74. The zero-order chi connectivity index (χ0) is 19.9. The molecule has 0 aliphatic rings. The van der Waals surface area contributed by atoms with E-state index in [-0.39, 0.29) is 11.1 Å². The third-order valence-corrected chi connectivity index (χ3v) is 3.91. The fourth-order valence-corrected chi connectivity index (χ4v) is 2.51. The standard InChI is InChI=1S/C21H16N4O3/c1-28-19-9-5-4-8-18(19)25-21(27)16-10-15(12-23-13-16)20(26)24-17-7-3-2-6-14(17)11-22/h2-10,12-13H,1H3,(H,24,26)(H,25,27). The van der Waals surface area contributed by atoms with Crippen molar-refractivity contribution in [2.75, 3.05) is 17.7 Å². The molecule has 7 heteroatoms. The van der Waals surface area contributed by atoms with Crippen molar-refractivity contribution >= 4 is 23.2 Å². The van der Waals surface area contributed by atoms with Gasteiger partial charge in [0.05, 0.1) is 35.2 Å². The smallest absolute Gasteiger partial charge is 0.257 e. The summed E-state index contributed by atoms with van der Waals surface area (Å²) in [5.41, 5.74) is 1.65. The van der Waals surface area contributed by atoms with Gasteiger partial charge in [0, 0.05) is 12.4 Å². The number of rotatable bonds is 5. The summed E-state index contributed by atoms with van der Waals surface area (Å²) in [6.07, 6.45) is 2.72. The van der Waals surface area contributed by atoms with Crippen LogP contribution in [0.1, 0.15) is 26.3 Å². The lowest BCUT2D eigenvalue weighted by atomic mass is 10.1. The summed E-state index contributed by atoms with van der Waals surface area (Å²) in [7, 11) is 1.51. The Labute approximate surface area is 161 Å². The van der Waals surface area contributed by atoms with Gasteiger partial charge in [-0.05, 0) is 30.3 Å². The first kappa shape index (κ1) is 18.6. The van der Waals surface area contributed by atoms with E-state index < -0.39 is 11.8 Å². The Morgan fingerprint density at radius 2 is 1.50 bits per heavy atom. The second-order valence-corrected chi connectivity index (χ2v) is 5.73. The molecule has 1 heterocycles. The molecule has 2 N–H and O–H groups in total. The number of anilines is 2. The van der Waals surface area contributed by atoms with E-state index in [1.54, 1.807) is 48.5 Å². The maximum absolute atomic E-state index is 12.5. The van der Waals surface area contributed by atoms with Crippen LogP contribution in [0.15, 0.2) is 67.0 Å². The number of para-hydroxylation sites is 3. The summed E-state index contributed by atoms with van der Waals surface area (Å²) in [5.74, 6) is -0.378. The van der Waals surface area contributed by atoms with Crippen LogP contribution in [0.3, 0.4) is 0 Å². The molecule has 0 radical (unpaired) electrons. The summed E-state index contributed by atoms with van der Waals surface area (Å²) in [5, 5.41) is 14.5. The molecule has 2 aromatic carbocycles. The van der Waals surface area contributed by atoms with Crippen molar-refractivity contribution in [3.8, 4) is 11.8 Å². The van der Waals surface area contributed by atoms with Crippen molar-refractivity contribution in [1.82, 2.24) is 4.98 Å². The van der Waals surface area contributed by atoms with Crippen LogP contribution in [0.2, 0.25) is 0 Å². The van der Waals surface area contributed by atoms with Gasteiger partial charge in [0.15, 0.2) is 0 Å². The summed E-state index contributed by atoms with van der Waals surface area (Å²) in [4.78, 5) is 29.0. The maximum atomic E-state index is 12.5. The number of hydrogen-bond donors (Lipinski definition) is 2. The Balaban J connectivity index is 1.79. The number of carbonyl (C=O) groups excluding carboxylic acids is 2. The van der Waals surface area contributed by atoms with Crippen LogP contribution in [0.4, 0.5) is 11.4 Å². The number of carbonyl (C=O) groups is 2. The van der Waals surface area contributed by atoms with Crippen LogP contribution < -0.4 is 15.4 Å². The lowest BCUT2D eigenvalue weighted by Gasteiger charge is -2.10. The third kappa shape index (κ3) is 4.14. The van der Waals surface area contributed by atoms with Gasteiger partial charge in [-0.1, -0.05) is 24.3 Å². The molecule has 3 aromatic rings. The van der Waals surface area contributed by atoms with Crippen molar-refractivity contribution in [2.45, 2.75) is 0 Å². The molecule has 0 atom stereocenters. The van der Waals surface area contributed by atoms with Crippen molar-refractivity contribution < 1.29 is 14.3 Å². The van der Waals surface area contributed by atoms with Gasteiger partial charge in [0.25, 0.3) is 11.8 Å². The highest BCUT2D eigenvalue weighted by Gasteiger charge is 2.14. The average molecular weight is 372 g/mol. The van der Waals surface area contributed by atoms with E-state index in [1.165, 1.54) is 25.6 Å². The lowest BCUT2D eigenvalue weighted by Crippen LogP contribution is -2.17. The minimum Gasteiger partial charge on any atom is -0.495 e. The molecule has 0 saturated heterocycles. The summed E-state index contributed by atoms with van der Waals surface area (Å²) >= 11 is 0. The molecule has 0 unspecified atom stereocenters. The fraction of sp³-hybridized carbons (Fsp3) is 0.0476. The van der Waals surface area contributed by atoms with Crippen molar-refractivity contribution in [3.63, 3.8) is 0 Å². The Bertz CT molecular complexity index is 1070. The largest absolute Gasteiger partial charge is 0.495 e. The number of nitriles is 1. The molecule has 0 saturated carbocycles. The van der Waals surface area contributed by atoms with E-state index in [0.29, 0.717) is 22.7 Å². The number of hydrogen-bond acceptors (Lipinski definition) is 5. The highest BCUT2D eigenvalue weighted by Crippen LogP contribution is 2.23. The summed E-state index contributed by atoms with van der Waals surface area (Å²) in [6.45, 7) is 0. The molecule has 0 bridgehead atoms. The first-order chi connectivity index (χ1) is 13.6. The third-order valence-electron chi connectivity index (χ3n) is 3.91. The van der Waals surface area contributed by atoms with Crippen LogP contribution in [0.5, 0.6) is 5.75 Å². The lowest BCUT2D eigenvalue weighted by molar-refractivity contribution is 0.102. The van der Waals surface area contributed by atoms with E-state index in [0.717, 1.165) is 0 Å². The topological polar surface area (TPSA) is 104 Å². The van der Waals surface area contributed by atoms with Crippen molar-refractivity contribution in [2.24, 2.45) is 0 Å². The molecule has 138 valence electrons. The van der Waals surface area contributed by atoms with Crippen molar-refractivity contribution in [3.05, 3.63) is 83.7 Å². The van der Waals surface area contributed by atoms with Gasteiger partial charge < -0.3 is 15.4 Å². The van der Waals surface area contributed by atoms with E-state index in [4.69, 9.17) is 10.00 Å². The minimum absolute atomic E-state index is 0.195. The number of amides is 2. The highest BCUT2D eigenvalue weighted by atomic mass is 16.5. The van der Waals surface area contributed by atoms with Gasteiger partial charge >= 0.3 is 0 Å². The number of pyridine rings is 1. The first-order valence-corrected chi connectivity index (χ1v) is 8.32. The highest BCUT2D eigenvalue weighted by molar-refractivity contribution is 6.09. The number of nitrogens with one attached hydrogen (secondary N) is 2. The summed E-state index contributed by atoms with van der Waals surface area (Å²) in [6, 6.07) is 17.1. The molecule has 28 heavy (non-hydrogen) atoms. The van der Waals surface area contributed by atoms with E-state index >= 15 is 0 Å². The molecule has 3 rings (SSSR count). The molecule has 0 aliphatic carbocycles. The molecule has 2 amide bonds. The summed E-state index contributed by atoms with van der Waals surface area (Å²) < 4.78 is 5.21. The second-order valence-electron chi connectivity index (χ2n) is 5.73. The Hall–Kier alpha value is -4.18. The maximum Gasteiger partial charge on any atom is 0.257 e. The van der Waals surface area contributed by atoms with Gasteiger partial charge in [-0.25, -0.2) is 0 Å². The number of benzene rings is 2. The van der Waals surface area contributed by atoms with Crippen molar-refractivity contribution in [1.29, 1.82) is 5.26 Å². The minimum atomic E-state index is -0.470. The number of nitrogens with zero attached hydrogens (tertiary/aromatic N) is 2. The SMILES string of the molecule is COc1ccccc1NC(=O)c1cncc(C(=O)Nc2ccccc2C#N)c1. The fourth-order valence-electron chi connectivity index (χ4n) is 2.51.